The number of aromatic hydroxyl groups is 1. The van der Waals surface area contributed by atoms with Gasteiger partial charge in [-0.2, -0.15) is 0 Å². The van der Waals surface area contributed by atoms with E-state index >= 15 is 0 Å². The number of nitrogens with one attached hydrogen (secondary N) is 6. The first-order valence-corrected chi connectivity index (χ1v) is 26.9. The molecule has 3 heterocycles. The van der Waals surface area contributed by atoms with Gasteiger partial charge in [0, 0.05) is 32.5 Å². The number of phenols is 1. The van der Waals surface area contributed by atoms with Gasteiger partial charge < -0.3 is 73.4 Å². The summed E-state index contributed by atoms with van der Waals surface area (Å²) in [6, 6.07) is 3.61. The molecule has 25 heteroatoms. The molecule has 11 atom stereocenters. The van der Waals surface area contributed by atoms with Crippen LogP contribution in [0.5, 0.6) is 5.75 Å². The molecule has 13 N–H and O–H groups in total. The lowest BCUT2D eigenvalue weighted by atomic mass is 9.96. The molecule has 3 saturated heterocycles. The van der Waals surface area contributed by atoms with E-state index in [0.717, 1.165) is 0 Å². The maximum atomic E-state index is 14.3. The zero-order valence-corrected chi connectivity index (χ0v) is 45.4. The SMILES string of the molecule is CC[C@H](C)[C@H](NC(=O)[C@@H]1CCCN1C(=O)CNC(=O)[C@@H](NC(=O)[C@H](Cc1ccccc1)NC(=O)[C@@H]1CCCN1C(=O)[C@H](Cc1ccc(O)cc1)NC(=O)[C@@H](N)C(C)C)[C@@H](C)O)C(=O)N1CCC[C@H]1C(=O)N[C@@H](CC(N)=O)C(=O)O. The minimum absolute atomic E-state index is 0.00107. The zero-order valence-electron chi connectivity index (χ0n) is 45.4. The largest absolute Gasteiger partial charge is 0.508 e. The maximum Gasteiger partial charge on any atom is 0.326 e. The maximum absolute atomic E-state index is 14.3. The molecule has 0 bridgehead atoms. The van der Waals surface area contributed by atoms with Gasteiger partial charge in [0.05, 0.1) is 25.1 Å². The molecule has 3 fully saturated rings. The number of phenolic OH excluding ortho intramolecular Hbond substituents is 1. The van der Waals surface area contributed by atoms with Gasteiger partial charge in [-0.1, -0.05) is 76.6 Å². The first-order valence-electron chi connectivity index (χ1n) is 26.9. The Kier molecular flexibility index (Phi) is 22.7. The van der Waals surface area contributed by atoms with Gasteiger partial charge in [-0.3, -0.25) is 47.9 Å². The highest BCUT2D eigenvalue weighted by Gasteiger charge is 2.44. The topological polar surface area (TPSA) is 382 Å². The average Bonchev–Trinajstić information content (AvgIpc) is 4.26. The molecule has 0 radical (unpaired) electrons. The van der Waals surface area contributed by atoms with Gasteiger partial charge in [0.25, 0.3) is 0 Å². The third-order valence-electron chi connectivity index (χ3n) is 14.8. The Balaban J connectivity index is 1.25. The van der Waals surface area contributed by atoms with E-state index in [0.29, 0.717) is 36.8 Å². The number of nitrogens with two attached hydrogens (primary N) is 2. The van der Waals surface area contributed by atoms with Crippen LogP contribution in [0.4, 0.5) is 0 Å². The highest BCUT2D eigenvalue weighted by Crippen LogP contribution is 2.25. The number of aliphatic hydroxyl groups is 1. The van der Waals surface area contributed by atoms with Crippen molar-refractivity contribution in [3.05, 3.63) is 65.7 Å². The van der Waals surface area contributed by atoms with E-state index < -0.39 is 144 Å². The number of carboxylic acid groups (broad SMARTS) is 1. The first-order chi connectivity index (χ1) is 37.4. The fraction of sp³-hybridized carbons (Fsp3) is 0.574. The molecule has 5 rings (SSSR count). The fourth-order valence-electron chi connectivity index (χ4n) is 9.92. The number of hydrogen-bond acceptors (Lipinski definition) is 14. The average molecular weight is 1100 g/mol. The molecule has 3 aliphatic rings. The molecule has 79 heavy (non-hydrogen) atoms. The molecule has 0 aliphatic carbocycles. The van der Waals surface area contributed by atoms with E-state index in [1.807, 2.05) is 0 Å². The third kappa shape index (κ3) is 16.9. The summed E-state index contributed by atoms with van der Waals surface area (Å²) >= 11 is 0. The summed E-state index contributed by atoms with van der Waals surface area (Å²) in [5, 5.41) is 45.8. The van der Waals surface area contributed by atoms with Crippen molar-refractivity contribution in [1.29, 1.82) is 0 Å². The van der Waals surface area contributed by atoms with E-state index in [4.69, 9.17) is 11.5 Å². The van der Waals surface area contributed by atoms with Crippen LogP contribution >= 0.6 is 0 Å². The van der Waals surface area contributed by atoms with Crippen molar-refractivity contribution in [3.8, 4) is 5.75 Å². The second-order valence-corrected chi connectivity index (χ2v) is 21.0. The number of carbonyl (C=O) groups excluding carboxylic acids is 10. The lowest BCUT2D eigenvalue weighted by Gasteiger charge is -2.33. The van der Waals surface area contributed by atoms with Crippen molar-refractivity contribution in [2.75, 3.05) is 26.2 Å². The summed E-state index contributed by atoms with van der Waals surface area (Å²) < 4.78 is 0. The van der Waals surface area contributed by atoms with Crippen molar-refractivity contribution in [1.82, 2.24) is 46.6 Å². The highest BCUT2D eigenvalue weighted by molar-refractivity contribution is 5.99. The van der Waals surface area contributed by atoms with E-state index in [1.54, 1.807) is 70.2 Å². The monoisotopic (exact) mass is 1100 g/mol. The number of aliphatic carboxylic acids is 1. The molecular formula is C54H77N11O14. The fourth-order valence-corrected chi connectivity index (χ4v) is 9.92. The minimum atomic E-state index is -1.66. The van der Waals surface area contributed by atoms with Crippen molar-refractivity contribution in [2.45, 2.75) is 159 Å². The number of aliphatic hydroxyl groups excluding tert-OH is 1. The van der Waals surface area contributed by atoms with Gasteiger partial charge in [-0.05, 0) is 80.5 Å². The Bertz CT molecular complexity index is 2530. The lowest BCUT2D eigenvalue weighted by molar-refractivity contribution is -0.146. The molecule has 0 spiro atoms. The lowest BCUT2D eigenvalue weighted by Crippen LogP contribution is -2.61. The Morgan fingerprint density at radius 2 is 1.11 bits per heavy atom. The number of carbonyl (C=O) groups is 11. The molecule has 10 amide bonds. The van der Waals surface area contributed by atoms with Crippen molar-refractivity contribution in [2.24, 2.45) is 23.3 Å². The van der Waals surface area contributed by atoms with Crippen LogP contribution in [0.3, 0.4) is 0 Å². The van der Waals surface area contributed by atoms with Crippen LogP contribution in [0, 0.1) is 11.8 Å². The Hall–Kier alpha value is -7.67. The van der Waals surface area contributed by atoms with Crippen LogP contribution in [0.15, 0.2) is 54.6 Å². The summed E-state index contributed by atoms with van der Waals surface area (Å²) in [7, 11) is 0. The summed E-state index contributed by atoms with van der Waals surface area (Å²) in [4.78, 5) is 152. The smallest absolute Gasteiger partial charge is 0.326 e. The van der Waals surface area contributed by atoms with Crippen LogP contribution in [0.1, 0.15) is 97.1 Å². The molecule has 432 valence electrons. The second kappa shape index (κ2) is 28.8. The zero-order chi connectivity index (χ0) is 58.2. The van der Waals surface area contributed by atoms with Crippen LogP contribution in [-0.4, -0.2) is 182 Å². The Labute approximate surface area is 458 Å². The molecule has 3 aliphatic heterocycles. The second-order valence-electron chi connectivity index (χ2n) is 21.0. The van der Waals surface area contributed by atoms with E-state index in [1.165, 1.54) is 33.8 Å². The molecule has 2 aromatic carbocycles. The number of nitrogens with zero attached hydrogens (tertiary/aromatic N) is 3. The van der Waals surface area contributed by atoms with Crippen molar-refractivity contribution < 1.29 is 68.1 Å². The summed E-state index contributed by atoms with van der Waals surface area (Å²) in [6.45, 7) is 8.00. The number of rotatable bonds is 26. The highest BCUT2D eigenvalue weighted by atomic mass is 16.4. The number of amides is 10. The predicted octanol–water partition coefficient (Wildman–Crippen LogP) is -1.94. The van der Waals surface area contributed by atoms with E-state index in [-0.39, 0.29) is 63.4 Å². The number of primary amides is 1. The predicted molar refractivity (Wildman–Crippen MR) is 284 cm³/mol. The quantitative estimate of drug-likeness (QED) is 0.0488. The molecule has 25 nitrogen and oxygen atoms in total. The summed E-state index contributed by atoms with van der Waals surface area (Å²) in [5.74, 6) is -9.59. The van der Waals surface area contributed by atoms with E-state index in [9.17, 15) is 68.1 Å². The van der Waals surface area contributed by atoms with Gasteiger partial charge in [0.1, 0.15) is 54.1 Å². The van der Waals surface area contributed by atoms with Crippen molar-refractivity contribution in [3.63, 3.8) is 0 Å². The van der Waals surface area contributed by atoms with Gasteiger partial charge >= 0.3 is 5.97 Å². The number of hydrogen-bond donors (Lipinski definition) is 11. The van der Waals surface area contributed by atoms with Gasteiger partial charge in [0.2, 0.25) is 59.1 Å². The van der Waals surface area contributed by atoms with E-state index in [2.05, 4.69) is 31.9 Å². The molecule has 0 unspecified atom stereocenters. The Morgan fingerprint density at radius 1 is 0.608 bits per heavy atom. The number of likely N-dealkylation sites (tertiary alicyclic amines) is 3. The van der Waals surface area contributed by atoms with Gasteiger partial charge in [-0.15, -0.1) is 0 Å². The van der Waals surface area contributed by atoms with Crippen LogP contribution in [0.2, 0.25) is 0 Å². The minimum Gasteiger partial charge on any atom is -0.508 e. The van der Waals surface area contributed by atoms with Gasteiger partial charge in [0.15, 0.2) is 0 Å². The first kappa shape index (κ1) is 62.2. The normalized spacial score (nSPS) is 20.1. The summed E-state index contributed by atoms with van der Waals surface area (Å²) in [5.41, 5.74) is 12.5. The number of carboxylic acids is 1. The summed E-state index contributed by atoms with van der Waals surface area (Å²) in [6.07, 6.45) is -0.0433. The van der Waals surface area contributed by atoms with Gasteiger partial charge in [-0.25, -0.2) is 4.79 Å². The molecule has 2 aromatic rings. The molecule has 0 saturated carbocycles. The standard InChI is InChI=1S/C54H77N11O14/c1-6-30(4)44(53(77)65-24-12-17-40(65)48(72)60-37(54(78)79)27-41(55)68)61-49(73)38-15-10-22-63(38)42(69)28-57-51(75)45(31(5)66)62-46(70)35(25-32-13-8-7-9-14-32)58-47(71)39-16-11-23-64(39)52(76)36(59-50(74)43(56)29(2)3)26-33-18-20-34(67)21-19-33/h7-9,13-14,18-21,29-31,35-40,43-45,66-67H,6,10-12,15-17,22-28,56H2,1-5H3,(H2,55,68)(H,57,75)(H,58,71)(H,59,74)(H,60,72)(H,61,73)(H,62,70)(H,78,79)/t30-,31+,35-,36-,37-,38-,39-,40-,43-,44-,45-/m0/s1. The van der Waals surface area contributed by atoms with Crippen LogP contribution in [0.25, 0.3) is 0 Å². The van der Waals surface area contributed by atoms with Crippen LogP contribution < -0.4 is 43.4 Å². The Morgan fingerprint density at radius 3 is 1.65 bits per heavy atom. The molecule has 0 aromatic heterocycles. The third-order valence-corrected chi connectivity index (χ3v) is 14.8. The number of benzene rings is 2. The van der Waals surface area contributed by atoms with Crippen LogP contribution in [-0.2, 0) is 65.6 Å². The van der Waals surface area contributed by atoms with Crippen molar-refractivity contribution >= 4 is 65.0 Å². The molecular weight excluding hydrogens is 1030 g/mol.